The van der Waals surface area contributed by atoms with E-state index in [0.29, 0.717) is 10.0 Å². The molecular formula is C9H7Cl2N3. The van der Waals surface area contributed by atoms with Crippen LogP contribution in [0.1, 0.15) is 5.56 Å². The summed E-state index contributed by atoms with van der Waals surface area (Å²) in [6, 6.07) is 5.27. The van der Waals surface area contributed by atoms with Gasteiger partial charge in [-0.1, -0.05) is 46.5 Å². The predicted molar refractivity (Wildman–Crippen MR) is 59.5 cm³/mol. The minimum absolute atomic E-state index is 0.290. The van der Waals surface area contributed by atoms with Gasteiger partial charge in [-0.05, 0) is 17.7 Å². The van der Waals surface area contributed by atoms with E-state index in [-0.39, 0.29) is 6.54 Å². The first-order chi connectivity index (χ1) is 6.75. The van der Waals surface area contributed by atoms with Crippen LogP contribution in [0.5, 0.6) is 0 Å². The first-order valence-electron chi connectivity index (χ1n) is 3.87. The Kier molecular flexibility index (Phi) is 4.33. The van der Waals surface area contributed by atoms with Crippen LogP contribution in [-0.4, -0.2) is 6.54 Å². The summed E-state index contributed by atoms with van der Waals surface area (Å²) in [4.78, 5) is 2.62. The number of hydrogen-bond donors (Lipinski definition) is 0. The molecule has 3 nitrogen and oxygen atoms in total. The quantitative estimate of drug-likeness (QED) is 0.420. The van der Waals surface area contributed by atoms with Crippen LogP contribution in [0, 0.1) is 0 Å². The molecule has 0 aliphatic carbocycles. The SMILES string of the molecule is [N-]=[N+]=NCC=Cc1c(Cl)cccc1Cl. The zero-order valence-electron chi connectivity index (χ0n) is 7.19. The Labute approximate surface area is 91.6 Å². The van der Waals surface area contributed by atoms with Crippen LogP contribution >= 0.6 is 23.2 Å². The number of benzene rings is 1. The summed E-state index contributed by atoms with van der Waals surface area (Å²) in [6.45, 7) is 0.290. The van der Waals surface area contributed by atoms with E-state index in [0.717, 1.165) is 5.56 Å². The first-order valence-corrected chi connectivity index (χ1v) is 4.62. The summed E-state index contributed by atoms with van der Waals surface area (Å²) in [7, 11) is 0. The number of hydrogen-bond acceptors (Lipinski definition) is 1. The summed E-state index contributed by atoms with van der Waals surface area (Å²) in [5.41, 5.74) is 8.78. The molecule has 0 saturated heterocycles. The van der Waals surface area contributed by atoms with Crippen LogP contribution in [-0.2, 0) is 0 Å². The maximum absolute atomic E-state index is 8.04. The molecule has 0 unspecified atom stereocenters. The smallest absolute Gasteiger partial charge is 0.0493 e. The molecule has 0 saturated carbocycles. The van der Waals surface area contributed by atoms with Gasteiger partial charge in [-0.2, -0.15) is 0 Å². The van der Waals surface area contributed by atoms with Gasteiger partial charge in [0.25, 0.3) is 0 Å². The van der Waals surface area contributed by atoms with Gasteiger partial charge in [0.05, 0.1) is 0 Å². The van der Waals surface area contributed by atoms with Crippen molar-refractivity contribution in [3.05, 3.63) is 50.3 Å². The lowest BCUT2D eigenvalue weighted by molar-refractivity contribution is 1.22. The number of rotatable bonds is 3. The summed E-state index contributed by atoms with van der Waals surface area (Å²) in [5, 5.41) is 4.51. The minimum Gasteiger partial charge on any atom is -0.0899 e. The van der Waals surface area contributed by atoms with Gasteiger partial charge in [0.2, 0.25) is 0 Å². The molecular weight excluding hydrogens is 221 g/mol. The van der Waals surface area contributed by atoms with Crippen molar-refractivity contribution >= 4 is 29.3 Å². The Morgan fingerprint density at radius 2 is 2.00 bits per heavy atom. The summed E-state index contributed by atoms with van der Waals surface area (Å²) in [6.07, 6.45) is 3.44. The van der Waals surface area contributed by atoms with Crippen LogP contribution in [0.25, 0.3) is 16.5 Å². The standard InChI is InChI=1S/C9H7Cl2N3/c10-8-4-1-5-9(11)7(8)3-2-6-13-14-12/h1-5H,6H2. The Balaban J connectivity index is 2.85. The van der Waals surface area contributed by atoms with Crippen molar-refractivity contribution < 1.29 is 0 Å². The third kappa shape index (κ3) is 2.96. The molecule has 0 amide bonds. The highest BCUT2D eigenvalue weighted by Gasteiger charge is 1.99. The molecule has 0 heterocycles. The van der Waals surface area contributed by atoms with E-state index < -0.39 is 0 Å². The lowest BCUT2D eigenvalue weighted by Crippen LogP contribution is -1.77. The van der Waals surface area contributed by atoms with Crippen molar-refractivity contribution in [2.24, 2.45) is 5.11 Å². The molecule has 0 aliphatic heterocycles. The highest BCUT2D eigenvalue weighted by Crippen LogP contribution is 2.25. The molecule has 14 heavy (non-hydrogen) atoms. The summed E-state index contributed by atoms with van der Waals surface area (Å²) in [5.74, 6) is 0. The molecule has 0 N–H and O–H groups in total. The zero-order chi connectivity index (χ0) is 10.4. The molecule has 0 aliphatic rings. The Hall–Kier alpha value is -1.15. The fourth-order valence-corrected chi connectivity index (χ4v) is 1.45. The van der Waals surface area contributed by atoms with Crippen LogP contribution in [0.15, 0.2) is 29.4 Å². The van der Waals surface area contributed by atoms with Gasteiger partial charge in [0.1, 0.15) is 0 Å². The largest absolute Gasteiger partial charge is 0.0899 e. The van der Waals surface area contributed by atoms with Crippen molar-refractivity contribution in [2.45, 2.75) is 0 Å². The van der Waals surface area contributed by atoms with E-state index in [1.54, 1.807) is 30.4 Å². The molecule has 0 atom stereocenters. The van der Waals surface area contributed by atoms with E-state index in [1.165, 1.54) is 0 Å². The third-order valence-corrected chi connectivity index (χ3v) is 2.19. The molecule has 0 aromatic heterocycles. The van der Waals surface area contributed by atoms with E-state index in [1.807, 2.05) is 0 Å². The normalized spacial score (nSPS) is 10.1. The predicted octanol–water partition coefficient (Wildman–Crippen LogP) is 4.32. The van der Waals surface area contributed by atoms with Crippen LogP contribution in [0.4, 0.5) is 0 Å². The summed E-state index contributed by atoms with van der Waals surface area (Å²) < 4.78 is 0. The maximum atomic E-state index is 8.04. The summed E-state index contributed by atoms with van der Waals surface area (Å²) >= 11 is 11.8. The van der Waals surface area contributed by atoms with Gasteiger partial charge < -0.3 is 0 Å². The number of azide groups is 1. The van der Waals surface area contributed by atoms with E-state index >= 15 is 0 Å². The van der Waals surface area contributed by atoms with Crippen molar-refractivity contribution in [2.75, 3.05) is 6.54 Å². The average Bonchev–Trinajstić information content (AvgIpc) is 2.16. The molecule has 1 aromatic rings. The molecule has 1 rings (SSSR count). The number of nitrogens with zero attached hydrogens (tertiary/aromatic N) is 3. The Morgan fingerprint density at radius 1 is 1.36 bits per heavy atom. The minimum atomic E-state index is 0.290. The molecule has 0 spiro atoms. The van der Waals surface area contributed by atoms with Gasteiger partial charge in [-0.3, -0.25) is 0 Å². The monoisotopic (exact) mass is 227 g/mol. The first kappa shape index (κ1) is 10.9. The highest BCUT2D eigenvalue weighted by atomic mass is 35.5. The second-order valence-corrected chi connectivity index (χ2v) is 3.27. The number of halogens is 2. The van der Waals surface area contributed by atoms with Crippen molar-refractivity contribution in [3.8, 4) is 0 Å². The third-order valence-electron chi connectivity index (χ3n) is 1.53. The van der Waals surface area contributed by atoms with Crippen LogP contribution in [0.2, 0.25) is 10.0 Å². The second-order valence-electron chi connectivity index (χ2n) is 2.45. The van der Waals surface area contributed by atoms with Crippen LogP contribution in [0.3, 0.4) is 0 Å². The van der Waals surface area contributed by atoms with Crippen LogP contribution < -0.4 is 0 Å². The van der Waals surface area contributed by atoms with Gasteiger partial charge >= 0.3 is 0 Å². The highest BCUT2D eigenvalue weighted by molar-refractivity contribution is 6.37. The Bertz CT molecular complexity index is 375. The van der Waals surface area contributed by atoms with Gasteiger partial charge in [-0.25, -0.2) is 0 Å². The van der Waals surface area contributed by atoms with E-state index in [9.17, 15) is 0 Å². The topological polar surface area (TPSA) is 48.8 Å². The van der Waals surface area contributed by atoms with Crippen molar-refractivity contribution in [1.29, 1.82) is 0 Å². The average molecular weight is 228 g/mol. The molecule has 72 valence electrons. The van der Waals surface area contributed by atoms with Gasteiger partial charge in [-0.15, -0.1) is 0 Å². The zero-order valence-corrected chi connectivity index (χ0v) is 8.70. The molecule has 1 aromatic carbocycles. The molecule has 5 heteroatoms. The lowest BCUT2D eigenvalue weighted by atomic mass is 10.2. The molecule has 0 radical (unpaired) electrons. The second kappa shape index (κ2) is 5.55. The fourth-order valence-electron chi connectivity index (χ4n) is 0.924. The lowest BCUT2D eigenvalue weighted by Gasteiger charge is -1.99. The van der Waals surface area contributed by atoms with Crippen molar-refractivity contribution in [1.82, 2.24) is 0 Å². The van der Waals surface area contributed by atoms with Crippen molar-refractivity contribution in [3.63, 3.8) is 0 Å². The van der Waals surface area contributed by atoms with Gasteiger partial charge in [0.15, 0.2) is 0 Å². The van der Waals surface area contributed by atoms with E-state index in [2.05, 4.69) is 10.0 Å². The maximum Gasteiger partial charge on any atom is 0.0493 e. The molecule has 0 bridgehead atoms. The Morgan fingerprint density at radius 3 is 2.57 bits per heavy atom. The van der Waals surface area contributed by atoms with Gasteiger partial charge in [0, 0.05) is 27.1 Å². The van der Waals surface area contributed by atoms with E-state index in [4.69, 9.17) is 28.7 Å². The fraction of sp³-hybridized carbons (Fsp3) is 0.111. The molecule has 0 fully saturated rings.